The second-order valence-electron chi connectivity index (χ2n) is 13.3. The van der Waals surface area contributed by atoms with Crippen LogP contribution in [-0.2, 0) is 9.53 Å². The molecule has 1 amide bonds. The van der Waals surface area contributed by atoms with E-state index in [-0.39, 0.29) is 30.7 Å². The van der Waals surface area contributed by atoms with Gasteiger partial charge in [0.15, 0.2) is 0 Å². The minimum atomic E-state index is -0.693. The number of rotatable bonds is 20. The summed E-state index contributed by atoms with van der Waals surface area (Å²) in [7, 11) is 2.18. The Morgan fingerprint density at radius 2 is 1.87 bits per heavy atom. The SMILES string of the molecule is C=C(C)C1=CC(C)C(NC(C)/C(C)=C(/C=C\NC=O)NCC(O)COC2C=C(C)C(C)=C(C)C2)C=C1C(=C)CCN(C)CCCC. The molecule has 2 aliphatic rings. The zero-order valence-corrected chi connectivity index (χ0v) is 30.1. The summed E-state index contributed by atoms with van der Waals surface area (Å²) in [5.74, 6) is 0.258. The third-order valence-corrected chi connectivity index (χ3v) is 9.30. The van der Waals surface area contributed by atoms with E-state index in [0.717, 1.165) is 48.3 Å². The molecular weight excluding hydrogens is 572 g/mol. The number of hydrogen-bond donors (Lipinski definition) is 4. The average Bonchev–Trinajstić information content (AvgIpc) is 3.02. The summed E-state index contributed by atoms with van der Waals surface area (Å²) in [5.41, 5.74) is 10.3. The van der Waals surface area contributed by atoms with Gasteiger partial charge in [-0.25, -0.2) is 0 Å². The molecule has 0 heterocycles. The molecule has 0 saturated carbocycles. The van der Waals surface area contributed by atoms with Crippen LogP contribution in [0.25, 0.3) is 0 Å². The van der Waals surface area contributed by atoms with Gasteiger partial charge < -0.3 is 30.7 Å². The maximum Gasteiger partial charge on any atom is 0.211 e. The lowest BCUT2D eigenvalue weighted by Crippen LogP contribution is -2.42. The number of carbonyl (C=O) groups is 1. The lowest BCUT2D eigenvalue weighted by molar-refractivity contribution is -0.108. The third-order valence-electron chi connectivity index (χ3n) is 9.30. The van der Waals surface area contributed by atoms with E-state index in [2.05, 4.69) is 115 Å². The topological polar surface area (TPSA) is 85.9 Å². The molecule has 0 aliphatic heterocycles. The monoisotopic (exact) mass is 634 g/mol. The van der Waals surface area contributed by atoms with Gasteiger partial charge in [0.05, 0.1) is 18.8 Å². The predicted octanol–water partition coefficient (Wildman–Crippen LogP) is 6.65. The number of allylic oxidation sites excluding steroid dienone is 6. The maximum atomic E-state index is 10.9. The Bertz CT molecular complexity index is 1250. The Morgan fingerprint density at radius 1 is 1.15 bits per heavy atom. The molecule has 0 aromatic carbocycles. The van der Waals surface area contributed by atoms with Gasteiger partial charge in [-0.3, -0.25) is 4.79 Å². The molecule has 0 saturated heterocycles. The molecular formula is C39H62N4O3. The molecule has 0 spiro atoms. The van der Waals surface area contributed by atoms with Gasteiger partial charge >= 0.3 is 0 Å². The van der Waals surface area contributed by atoms with Crippen molar-refractivity contribution in [2.24, 2.45) is 5.92 Å². The van der Waals surface area contributed by atoms with Crippen molar-refractivity contribution in [3.8, 4) is 0 Å². The number of nitrogens with one attached hydrogen (secondary N) is 3. The molecule has 0 fully saturated rings. The average molecular weight is 635 g/mol. The first-order chi connectivity index (χ1) is 21.8. The summed E-state index contributed by atoms with van der Waals surface area (Å²) >= 11 is 0. The van der Waals surface area contributed by atoms with E-state index in [4.69, 9.17) is 4.74 Å². The highest BCUT2D eigenvalue weighted by Crippen LogP contribution is 2.33. The van der Waals surface area contributed by atoms with E-state index >= 15 is 0 Å². The van der Waals surface area contributed by atoms with Gasteiger partial charge in [-0.2, -0.15) is 0 Å². The largest absolute Gasteiger partial charge is 0.389 e. The second kappa shape index (κ2) is 19.6. The fourth-order valence-electron chi connectivity index (χ4n) is 5.79. The molecule has 7 heteroatoms. The quantitative estimate of drug-likeness (QED) is 0.0887. The highest BCUT2D eigenvalue weighted by atomic mass is 16.5. The number of carbonyl (C=O) groups excluding carboxylic acids is 1. The van der Waals surface area contributed by atoms with Crippen molar-refractivity contribution >= 4 is 6.41 Å². The number of aliphatic hydroxyl groups excluding tert-OH is 1. The maximum absolute atomic E-state index is 10.9. The van der Waals surface area contributed by atoms with Gasteiger partial charge in [-0.15, -0.1) is 0 Å². The summed E-state index contributed by atoms with van der Waals surface area (Å²) in [5, 5.41) is 20.6. The van der Waals surface area contributed by atoms with Gasteiger partial charge in [0.25, 0.3) is 0 Å². The van der Waals surface area contributed by atoms with Crippen molar-refractivity contribution in [1.82, 2.24) is 20.9 Å². The van der Waals surface area contributed by atoms with E-state index < -0.39 is 6.10 Å². The number of nitrogens with zero attached hydrogens (tertiary/aromatic N) is 1. The van der Waals surface area contributed by atoms with Crippen LogP contribution in [0.2, 0.25) is 0 Å². The molecule has 5 unspecified atom stereocenters. The molecule has 256 valence electrons. The summed E-state index contributed by atoms with van der Waals surface area (Å²) in [6, 6.07) is 0.103. The second-order valence-corrected chi connectivity index (χ2v) is 13.3. The Morgan fingerprint density at radius 3 is 2.50 bits per heavy atom. The number of unbranched alkanes of at least 4 members (excludes halogenated alkanes) is 1. The smallest absolute Gasteiger partial charge is 0.211 e. The van der Waals surface area contributed by atoms with Crippen molar-refractivity contribution in [3.05, 3.63) is 93.9 Å². The Hall–Kier alpha value is -2.97. The van der Waals surface area contributed by atoms with Crippen LogP contribution in [0.4, 0.5) is 0 Å². The van der Waals surface area contributed by atoms with Gasteiger partial charge in [-0.1, -0.05) is 62.8 Å². The van der Waals surface area contributed by atoms with Crippen LogP contribution >= 0.6 is 0 Å². The normalized spacial score (nSPS) is 22.2. The van der Waals surface area contributed by atoms with Gasteiger partial charge in [-0.05, 0) is 120 Å². The van der Waals surface area contributed by atoms with Crippen LogP contribution in [0.1, 0.15) is 81.1 Å². The fraction of sp³-hybridized carbons (Fsp3) is 0.564. The molecule has 0 bridgehead atoms. The van der Waals surface area contributed by atoms with Crippen LogP contribution in [0, 0.1) is 5.92 Å². The number of aliphatic hydroxyl groups is 1. The van der Waals surface area contributed by atoms with Crippen molar-refractivity contribution in [2.75, 3.05) is 33.3 Å². The number of hydrogen-bond acceptors (Lipinski definition) is 6. The zero-order valence-electron chi connectivity index (χ0n) is 30.1. The molecule has 0 radical (unpaired) electrons. The van der Waals surface area contributed by atoms with Gasteiger partial charge in [0, 0.05) is 37.1 Å². The molecule has 7 nitrogen and oxygen atoms in total. The summed E-state index contributed by atoms with van der Waals surface area (Å²) in [6.45, 7) is 28.5. The molecule has 0 aromatic rings. The highest BCUT2D eigenvalue weighted by Gasteiger charge is 2.25. The van der Waals surface area contributed by atoms with E-state index in [0.29, 0.717) is 13.0 Å². The molecule has 4 N–H and O–H groups in total. The van der Waals surface area contributed by atoms with E-state index in [1.54, 1.807) is 6.20 Å². The van der Waals surface area contributed by atoms with Crippen LogP contribution in [0.3, 0.4) is 0 Å². The van der Waals surface area contributed by atoms with E-state index in [1.807, 2.05) is 6.08 Å². The van der Waals surface area contributed by atoms with Gasteiger partial charge in [0.1, 0.15) is 0 Å². The van der Waals surface area contributed by atoms with Crippen LogP contribution in [-0.4, -0.2) is 74.0 Å². The molecule has 2 rings (SSSR count). The van der Waals surface area contributed by atoms with Crippen molar-refractivity contribution in [2.45, 2.75) is 105 Å². The molecule has 2 aliphatic carbocycles. The minimum absolute atomic E-state index is 0.00305. The Labute approximate surface area is 280 Å². The molecule has 46 heavy (non-hydrogen) atoms. The minimum Gasteiger partial charge on any atom is -0.389 e. The predicted molar refractivity (Wildman–Crippen MR) is 194 cm³/mol. The molecule has 5 atom stereocenters. The number of ether oxygens (including phenoxy) is 1. The number of amides is 1. The van der Waals surface area contributed by atoms with Crippen molar-refractivity contribution in [3.63, 3.8) is 0 Å². The van der Waals surface area contributed by atoms with Crippen LogP contribution in [0.5, 0.6) is 0 Å². The first-order valence-electron chi connectivity index (χ1n) is 17.0. The first-order valence-corrected chi connectivity index (χ1v) is 17.0. The third kappa shape index (κ3) is 12.3. The van der Waals surface area contributed by atoms with E-state index in [1.165, 1.54) is 40.7 Å². The van der Waals surface area contributed by atoms with Gasteiger partial charge in [0.2, 0.25) is 6.41 Å². The Balaban J connectivity index is 2.14. The van der Waals surface area contributed by atoms with Crippen molar-refractivity contribution in [1.29, 1.82) is 0 Å². The lowest BCUT2D eigenvalue weighted by Gasteiger charge is -2.32. The summed E-state index contributed by atoms with van der Waals surface area (Å²) in [6.07, 6.45) is 14.3. The standard InChI is InChI=1S/C39H62N4O3/c1-12-13-17-43(11)18-15-27(4)37-22-39(30(7)21-36(37)26(2)3)42-33(10)32(9)38(14-16-40-25-44)41-23-34(45)24-46-35-19-28(5)31(8)29(6)20-35/h14,16,19,21-22,25,30,33-35,39,41-42,45H,2,4,12-13,15,17-18,20,23-24H2,1,3,5-11H3,(H,40,44)/b16-14-,38-32-. The highest BCUT2D eigenvalue weighted by molar-refractivity contribution is 5.57. The first kappa shape index (κ1) is 39.2. The van der Waals surface area contributed by atoms with Crippen molar-refractivity contribution < 1.29 is 14.6 Å². The summed E-state index contributed by atoms with van der Waals surface area (Å²) in [4.78, 5) is 13.3. The Kier molecular flexibility index (Phi) is 16.7. The fourth-order valence-corrected chi connectivity index (χ4v) is 5.79. The van der Waals surface area contributed by atoms with Crippen LogP contribution in [0.15, 0.2) is 93.9 Å². The lowest BCUT2D eigenvalue weighted by atomic mass is 9.81. The van der Waals surface area contributed by atoms with Crippen LogP contribution < -0.4 is 16.0 Å². The zero-order chi connectivity index (χ0) is 34.4. The summed E-state index contributed by atoms with van der Waals surface area (Å²) < 4.78 is 6.05. The van der Waals surface area contributed by atoms with E-state index in [9.17, 15) is 9.90 Å². The molecule has 0 aromatic heterocycles.